The second-order valence-electron chi connectivity index (χ2n) is 2.32. The first kappa shape index (κ1) is 10.1. The maximum absolute atomic E-state index is 10.6. The molecule has 0 N–H and O–H groups in total. The number of hydrogen-bond donors (Lipinski definition) is 0. The lowest BCUT2D eigenvalue weighted by molar-refractivity contribution is 0.112. The summed E-state index contributed by atoms with van der Waals surface area (Å²) in [4.78, 5) is 10.6. The van der Waals surface area contributed by atoms with E-state index in [1.165, 1.54) is 14.2 Å². The molecule has 0 saturated heterocycles. The predicted molar refractivity (Wildman–Crippen MR) is 52.6 cm³/mol. The van der Waals surface area contributed by atoms with Gasteiger partial charge in [-0.15, -0.1) is 0 Å². The van der Waals surface area contributed by atoms with Crippen LogP contribution in [0.5, 0.6) is 11.5 Å². The maximum Gasteiger partial charge on any atom is 0.175 e. The summed E-state index contributed by atoms with van der Waals surface area (Å²) >= 11 is 3.29. The van der Waals surface area contributed by atoms with Crippen molar-refractivity contribution < 1.29 is 14.3 Å². The molecule has 70 valence electrons. The van der Waals surface area contributed by atoms with Crippen LogP contribution in [0.15, 0.2) is 16.6 Å². The van der Waals surface area contributed by atoms with Crippen LogP contribution in [0.1, 0.15) is 10.4 Å². The Hall–Kier alpha value is -1.03. The van der Waals surface area contributed by atoms with Crippen LogP contribution in [0.25, 0.3) is 0 Å². The molecule has 0 atom stereocenters. The van der Waals surface area contributed by atoms with E-state index >= 15 is 0 Å². The molecule has 4 heteroatoms. The summed E-state index contributed by atoms with van der Waals surface area (Å²) in [7, 11) is 3.02. The van der Waals surface area contributed by atoms with E-state index in [1.54, 1.807) is 12.1 Å². The van der Waals surface area contributed by atoms with Crippen LogP contribution in [0.2, 0.25) is 0 Å². The highest BCUT2D eigenvalue weighted by Crippen LogP contribution is 2.36. The zero-order valence-corrected chi connectivity index (χ0v) is 8.92. The molecule has 0 radical (unpaired) electrons. The van der Waals surface area contributed by atoms with Crippen molar-refractivity contribution in [1.29, 1.82) is 0 Å². The van der Waals surface area contributed by atoms with Gasteiger partial charge in [0.05, 0.1) is 24.3 Å². The van der Waals surface area contributed by atoms with Gasteiger partial charge in [0.15, 0.2) is 17.8 Å². The molecule has 1 rings (SSSR count). The first-order chi connectivity index (χ1) is 6.24. The minimum Gasteiger partial charge on any atom is -0.492 e. The van der Waals surface area contributed by atoms with Gasteiger partial charge in [-0.25, -0.2) is 0 Å². The third kappa shape index (κ3) is 1.83. The predicted octanol–water partition coefficient (Wildman–Crippen LogP) is 2.28. The SMILES string of the molecule is COc1c(Br)ccc(C=O)c1OC. The number of carbonyl (C=O) groups is 1. The van der Waals surface area contributed by atoms with Gasteiger partial charge in [-0.3, -0.25) is 4.79 Å². The molecular weight excluding hydrogens is 236 g/mol. The van der Waals surface area contributed by atoms with Crippen molar-refractivity contribution in [3.63, 3.8) is 0 Å². The van der Waals surface area contributed by atoms with E-state index in [2.05, 4.69) is 15.9 Å². The van der Waals surface area contributed by atoms with Crippen molar-refractivity contribution in [1.82, 2.24) is 0 Å². The van der Waals surface area contributed by atoms with Crippen molar-refractivity contribution in [3.8, 4) is 11.5 Å². The minimum absolute atomic E-state index is 0.451. The molecule has 1 aromatic carbocycles. The highest BCUT2D eigenvalue weighted by molar-refractivity contribution is 9.10. The highest BCUT2D eigenvalue weighted by atomic mass is 79.9. The van der Waals surface area contributed by atoms with Crippen molar-refractivity contribution in [3.05, 3.63) is 22.2 Å². The number of ether oxygens (including phenoxy) is 2. The molecule has 0 heterocycles. The smallest absolute Gasteiger partial charge is 0.175 e. The third-order valence-electron chi connectivity index (χ3n) is 1.63. The molecule has 0 aliphatic heterocycles. The Balaban J connectivity index is 3.35. The molecule has 0 aromatic heterocycles. The lowest BCUT2D eigenvalue weighted by atomic mass is 10.2. The normalized spacial score (nSPS) is 9.46. The Morgan fingerprint density at radius 3 is 2.31 bits per heavy atom. The van der Waals surface area contributed by atoms with Crippen LogP contribution in [-0.4, -0.2) is 20.5 Å². The maximum atomic E-state index is 10.6. The van der Waals surface area contributed by atoms with Crippen LogP contribution in [0, 0.1) is 0 Å². The van der Waals surface area contributed by atoms with E-state index in [-0.39, 0.29) is 0 Å². The molecule has 0 spiro atoms. The summed E-state index contributed by atoms with van der Waals surface area (Å²) in [6.45, 7) is 0. The molecule has 0 saturated carbocycles. The number of hydrogen-bond acceptors (Lipinski definition) is 3. The van der Waals surface area contributed by atoms with Crippen LogP contribution in [0.3, 0.4) is 0 Å². The van der Waals surface area contributed by atoms with Gasteiger partial charge in [-0.05, 0) is 28.1 Å². The van der Waals surface area contributed by atoms with Gasteiger partial charge < -0.3 is 9.47 Å². The third-order valence-corrected chi connectivity index (χ3v) is 2.25. The molecule has 13 heavy (non-hydrogen) atoms. The van der Waals surface area contributed by atoms with E-state index < -0.39 is 0 Å². The van der Waals surface area contributed by atoms with Crippen LogP contribution >= 0.6 is 15.9 Å². The van der Waals surface area contributed by atoms with Gasteiger partial charge in [-0.1, -0.05) is 0 Å². The van der Waals surface area contributed by atoms with Gasteiger partial charge in [0, 0.05) is 0 Å². The van der Waals surface area contributed by atoms with Crippen LogP contribution < -0.4 is 9.47 Å². The molecule has 0 amide bonds. The number of methoxy groups -OCH3 is 2. The molecule has 0 fully saturated rings. The first-order valence-electron chi connectivity index (χ1n) is 3.60. The van der Waals surface area contributed by atoms with E-state index in [0.717, 1.165) is 10.8 Å². The minimum atomic E-state index is 0.451. The lowest BCUT2D eigenvalue weighted by Crippen LogP contribution is -1.95. The topological polar surface area (TPSA) is 35.5 Å². The molecular formula is C9H9BrO3. The largest absolute Gasteiger partial charge is 0.492 e. The second kappa shape index (κ2) is 4.28. The van der Waals surface area contributed by atoms with Gasteiger partial charge in [0.1, 0.15) is 0 Å². The summed E-state index contributed by atoms with van der Waals surface area (Å²) in [5, 5.41) is 0. The Morgan fingerprint density at radius 1 is 1.23 bits per heavy atom. The fourth-order valence-electron chi connectivity index (χ4n) is 1.05. The number of halogens is 1. The Kier molecular flexibility index (Phi) is 3.31. The number of rotatable bonds is 3. The molecule has 0 aliphatic carbocycles. The van der Waals surface area contributed by atoms with Crippen molar-refractivity contribution in [2.75, 3.05) is 14.2 Å². The number of aldehydes is 1. The summed E-state index contributed by atoms with van der Waals surface area (Å²) in [5.74, 6) is 0.985. The number of benzene rings is 1. The summed E-state index contributed by atoms with van der Waals surface area (Å²) < 4.78 is 10.9. The van der Waals surface area contributed by atoms with E-state index in [4.69, 9.17) is 9.47 Å². The summed E-state index contributed by atoms with van der Waals surface area (Å²) in [6, 6.07) is 3.41. The van der Waals surface area contributed by atoms with Gasteiger partial charge >= 0.3 is 0 Å². The van der Waals surface area contributed by atoms with Crippen LogP contribution in [-0.2, 0) is 0 Å². The summed E-state index contributed by atoms with van der Waals surface area (Å²) in [5.41, 5.74) is 0.475. The van der Waals surface area contributed by atoms with Gasteiger partial charge in [0.25, 0.3) is 0 Å². The van der Waals surface area contributed by atoms with Crippen molar-refractivity contribution in [2.24, 2.45) is 0 Å². The lowest BCUT2D eigenvalue weighted by Gasteiger charge is -2.10. The zero-order valence-electron chi connectivity index (χ0n) is 7.33. The molecule has 0 aliphatic rings. The van der Waals surface area contributed by atoms with E-state index in [1.807, 2.05) is 0 Å². The highest BCUT2D eigenvalue weighted by Gasteiger charge is 2.12. The standard InChI is InChI=1S/C9H9BrO3/c1-12-8-6(5-11)3-4-7(10)9(8)13-2/h3-5H,1-2H3. The van der Waals surface area contributed by atoms with Crippen molar-refractivity contribution >= 4 is 22.2 Å². The molecule has 0 unspecified atom stereocenters. The summed E-state index contributed by atoms with van der Waals surface area (Å²) in [6.07, 6.45) is 0.730. The Labute approximate surface area is 84.8 Å². The molecule has 3 nitrogen and oxygen atoms in total. The first-order valence-corrected chi connectivity index (χ1v) is 4.39. The quantitative estimate of drug-likeness (QED) is 0.766. The van der Waals surface area contributed by atoms with E-state index in [9.17, 15) is 4.79 Å². The average molecular weight is 245 g/mol. The number of carbonyl (C=O) groups excluding carboxylic acids is 1. The van der Waals surface area contributed by atoms with Gasteiger partial charge in [-0.2, -0.15) is 0 Å². The monoisotopic (exact) mass is 244 g/mol. The average Bonchev–Trinajstić information content (AvgIpc) is 2.17. The fourth-order valence-corrected chi connectivity index (χ4v) is 1.52. The van der Waals surface area contributed by atoms with Crippen molar-refractivity contribution in [2.45, 2.75) is 0 Å². The molecule has 0 bridgehead atoms. The Bertz CT molecular complexity index is 323. The van der Waals surface area contributed by atoms with Crippen LogP contribution in [0.4, 0.5) is 0 Å². The fraction of sp³-hybridized carbons (Fsp3) is 0.222. The van der Waals surface area contributed by atoms with Gasteiger partial charge in [0.2, 0.25) is 0 Å². The van der Waals surface area contributed by atoms with E-state index in [0.29, 0.717) is 17.1 Å². The molecule has 1 aromatic rings. The zero-order chi connectivity index (χ0) is 9.84. The Morgan fingerprint density at radius 2 is 1.85 bits per heavy atom. The second-order valence-corrected chi connectivity index (χ2v) is 3.18.